The minimum absolute atomic E-state index is 0.226. The molecular weight excluding hydrogens is 296 g/mol. The van der Waals surface area contributed by atoms with E-state index < -0.39 is 0 Å². The first kappa shape index (κ1) is 14.9. The molecule has 0 aliphatic carbocycles. The molecular formula is C16H16N4O3. The molecule has 0 saturated heterocycles. The van der Waals surface area contributed by atoms with Gasteiger partial charge in [-0.05, 0) is 12.1 Å². The molecule has 0 fully saturated rings. The molecule has 0 bridgehead atoms. The van der Waals surface area contributed by atoms with Gasteiger partial charge in [0.15, 0.2) is 0 Å². The molecule has 0 unspecified atom stereocenters. The molecule has 1 aromatic heterocycles. The number of anilines is 1. The fourth-order valence-electron chi connectivity index (χ4n) is 2.39. The predicted molar refractivity (Wildman–Crippen MR) is 88.3 cm³/mol. The van der Waals surface area contributed by atoms with Gasteiger partial charge in [0.05, 0.1) is 30.8 Å². The van der Waals surface area contributed by atoms with Crippen LogP contribution in [-0.4, -0.2) is 23.8 Å². The first-order valence-electron chi connectivity index (χ1n) is 6.89. The summed E-state index contributed by atoms with van der Waals surface area (Å²) in [5.74, 6) is 6.90. The van der Waals surface area contributed by atoms with Crippen LogP contribution in [0.25, 0.3) is 16.6 Å². The van der Waals surface area contributed by atoms with Crippen LogP contribution in [0.4, 0.5) is 5.95 Å². The van der Waals surface area contributed by atoms with Gasteiger partial charge < -0.3 is 9.47 Å². The number of aromatic nitrogens is 2. The molecule has 0 spiro atoms. The van der Waals surface area contributed by atoms with Gasteiger partial charge in [-0.2, -0.15) is 0 Å². The van der Waals surface area contributed by atoms with Crippen LogP contribution < -0.4 is 26.3 Å². The lowest BCUT2D eigenvalue weighted by molar-refractivity contribution is 0.394. The van der Waals surface area contributed by atoms with Crippen LogP contribution in [0, 0.1) is 0 Å². The number of nitrogens with one attached hydrogen (secondary N) is 1. The Morgan fingerprint density at radius 3 is 2.35 bits per heavy atom. The van der Waals surface area contributed by atoms with Crippen LogP contribution in [0.2, 0.25) is 0 Å². The molecule has 23 heavy (non-hydrogen) atoms. The van der Waals surface area contributed by atoms with Gasteiger partial charge in [-0.15, -0.1) is 0 Å². The van der Waals surface area contributed by atoms with Crippen molar-refractivity contribution in [3.63, 3.8) is 0 Å². The molecule has 1 heterocycles. The second-order valence-corrected chi connectivity index (χ2v) is 4.81. The molecule has 0 aliphatic rings. The van der Waals surface area contributed by atoms with Gasteiger partial charge in [0.1, 0.15) is 11.5 Å². The Balaban J connectivity index is 2.35. The number of rotatable bonds is 4. The molecule has 0 aliphatic heterocycles. The van der Waals surface area contributed by atoms with E-state index in [0.29, 0.717) is 28.1 Å². The summed E-state index contributed by atoms with van der Waals surface area (Å²) in [7, 11) is 3.09. The number of nitrogen functional groups attached to an aromatic ring is 1. The zero-order valence-corrected chi connectivity index (χ0v) is 12.7. The Morgan fingerprint density at radius 1 is 1.09 bits per heavy atom. The van der Waals surface area contributed by atoms with Gasteiger partial charge in [0, 0.05) is 18.2 Å². The number of methoxy groups -OCH3 is 2. The van der Waals surface area contributed by atoms with Crippen LogP contribution in [0.15, 0.2) is 47.3 Å². The van der Waals surface area contributed by atoms with Gasteiger partial charge >= 0.3 is 0 Å². The number of benzene rings is 2. The molecule has 0 atom stereocenters. The van der Waals surface area contributed by atoms with E-state index in [9.17, 15) is 4.79 Å². The fraction of sp³-hybridized carbons (Fsp3) is 0.125. The van der Waals surface area contributed by atoms with Crippen molar-refractivity contribution >= 4 is 16.9 Å². The average molecular weight is 312 g/mol. The van der Waals surface area contributed by atoms with Gasteiger partial charge in [-0.3, -0.25) is 10.2 Å². The molecule has 2 aromatic carbocycles. The molecule has 7 heteroatoms. The topological polar surface area (TPSA) is 91.4 Å². The number of nitrogens with zero attached hydrogens (tertiary/aromatic N) is 2. The normalized spacial score (nSPS) is 10.6. The number of hydrogen-bond acceptors (Lipinski definition) is 6. The van der Waals surface area contributed by atoms with Crippen LogP contribution in [0.3, 0.4) is 0 Å². The average Bonchev–Trinajstić information content (AvgIpc) is 2.60. The highest BCUT2D eigenvalue weighted by molar-refractivity contribution is 5.79. The molecule has 3 aromatic rings. The van der Waals surface area contributed by atoms with Crippen molar-refractivity contribution in [3.05, 3.63) is 52.8 Å². The van der Waals surface area contributed by atoms with E-state index in [4.69, 9.17) is 15.3 Å². The highest BCUT2D eigenvalue weighted by Gasteiger charge is 2.13. The SMILES string of the molecule is COc1cc(OC)cc(-n2c(NN)nc3ccccc3c2=O)c1. The van der Waals surface area contributed by atoms with Crippen molar-refractivity contribution in [1.29, 1.82) is 0 Å². The largest absolute Gasteiger partial charge is 0.497 e. The lowest BCUT2D eigenvalue weighted by Crippen LogP contribution is -2.26. The highest BCUT2D eigenvalue weighted by Crippen LogP contribution is 2.26. The number of hydrazine groups is 1. The van der Waals surface area contributed by atoms with Crippen molar-refractivity contribution in [1.82, 2.24) is 9.55 Å². The summed E-state index contributed by atoms with van der Waals surface area (Å²) in [4.78, 5) is 17.2. The van der Waals surface area contributed by atoms with E-state index in [0.717, 1.165) is 0 Å². The third kappa shape index (κ3) is 2.58. The molecule has 118 valence electrons. The first-order chi connectivity index (χ1) is 11.2. The molecule has 0 saturated carbocycles. The Kier molecular flexibility index (Phi) is 3.86. The van der Waals surface area contributed by atoms with Crippen LogP contribution >= 0.6 is 0 Å². The van der Waals surface area contributed by atoms with E-state index in [1.54, 1.807) is 50.6 Å². The van der Waals surface area contributed by atoms with Crippen LogP contribution in [0.5, 0.6) is 11.5 Å². The third-order valence-electron chi connectivity index (χ3n) is 3.50. The Morgan fingerprint density at radius 2 is 1.74 bits per heavy atom. The maximum absolute atomic E-state index is 12.9. The van der Waals surface area contributed by atoms with Crippen LogP contribution in [-0.2, 0) is 0 Å². The molecule has 0 amide bonds. The lowest BCUT2D eigenvalue weighted by atomic mass is 10.2. The van der Waals surface area contributed by atoms with Crippen LogP contribution in [0.1, 0.15) is 0 Å². The van der Waals surface area contributed by atoms with Crippen molar-refractivity contribution in [2.75, 3.05) is 19.6 Å². The van der Waals surface area contributed by atoms with Gasteiger partial charge in [-0.25, -0.2) is 15.4 Å². The minimum atomic E-state index is -0.237. The number of fused-ring (bicyclic) bond motifs is 1. The summed E-state index contributed by atoms with van der Waals surface area (Å²) in [6, 6.07) is 12.2. The zero-order valence-electron chi connectivity index (χ0n) is 12.7. The quantitative estimate of drug-likeness (QED) is 0.563. The van der Waals surface area contributed by atoms with Crippen molar-refractivity contribution < 1.29 is 9.47 Å². The molecule has 7 nitrogen and oxygen atoms in total. The number of nitrogens with two attached hydrogens (primary N) is 1. The van der Waals surface area contributed by atoms with Gasteiger partial charge in [-0.1, -0.05) is 12.1 Å². The van der Waals surface area contributed by atoms with Gasteiger partial charge in [0.2, 0.25) is 5.95 Å². The Labute approximate surface area is 132 Å². The second-order valence-electron chi connectivity index (χ2n) is 4.81. The number of para-hydroxylation sites is 1. The van der Waals surface area contributed by atoms with Crippen molar-refractivity contribution in [3.8, 4) is 17.2 Å². The van der Waals surface area contributed by atoms with E-state index in [-0.39, 0.29) is 11.5 Å². The summed E-state index contributed by atoms with van der Waals surface area (Å²) < 4.78 is 11.9. The minimum Gasteiger partial charge on any atom is -0.497 e. The summed E-state index contributed by atoms with van der Waals surface area (Å²) >= 11 is 0. The monoisotopic (exact) mass is 312 g/mol. The Hall–Kier alpha value is -3.06. The van der Waals surface area contributed by atoms with Crippen molar-refractivity contribution in [2.45, 2.75) is 0 Å². The Bertz CT molecular complexity index is 899. The smallest absolute Gasteiger partial charge is 0.267 e. The van der Waals surface area contributed by atoms with E-state index >= 15 is 0 Å². The van der Waals surface area contributed by atoms with Crippen molar-refractivity contribution in [2.24, 2.45) is 5.84 Å². The lowest BCUT2D eigenvalue weighted by Gasteiger charge is -2.14. The summed E-state index contributed by atoms with van der Waals surface area (Å²) in [6.07, 6.45) is 0. The van der Waals surface area contributed by atoms with Gasteiger partial charge in [0.25, 0.3) is 5.56 Å². The van der Waals surface area contributed by atoms with E-state index in [1.165, 1.54) is 4.57 Å². The van der Waals surface area contributed by atoms with E-state index in [2.05, 4.69) is 10.4 Å². The molecule has 0 radical (unpaired) electrons. The number of ether oxygens (including phenoxy) is 2. The number of hydrogen-bond donors (Lipinski definition) is 2. The third-order valence-corrected chi connectivity index (χ3v) is 3.50. The standard InChI is InChI=1S/C16H16N4O3/c1-22-11-7-10(8-12(9-11)23-2)20-15(21)13-5-3-4-6-14(13)18-16(20)19-17/h3-9H,17H2,1-2H3,(H,18,19). The predicted octanol–water partition coefficient (Wildman–Crippen LogP) is 1.69. The first-order valence-corrected chi connectivity index (χ1v) is 6.89. The summed E-state index contributed by atoms with van der Waals surface area (Å²) in [6.45, 7) is 0. The molecule has 3 N–H and O–H groups in total. The molecule has 3 rings (SSSR count). The second kappa shape index (κ2) is 5.98. The van der Waals surface area contributed by atoms with E-state index in [1.807, 2.05) is 6.07 Å². The summed E-state index contributed by atoms with van der Waals surface area (Å²) in [5.41, 5.74) is 3.34. The summed E-state index contributed by atoms with van der Waals surface area (Å²) in [5, 5.41) is 0.494. The zero-order chi connectivity index (χ0) is 16.4. The fourth-order valence-corrected chi connectivity index (χ4v) is 2.39. The maximum atomic E-state index is 12.9. The maximum Gasteiger partial charge on any atom is 0.267 e. The highest BCUT2D eigenvalue weighted by atomic mass is 16.5.